The standard InChI is InChI=1S/C12H15ClO2/c1-10-2-4-11(5-3-10)12(6-7-13)14-8-9-15-12/h2-5H,6-9H2,1H3. The molecule has 1 aliphatic rings. The van der Waals surface area contributed by atoms with E-state index in [-0.39, 0.29) is 0 Å². The van der Waals surface area contributed by atoms with Crippen LogP contribution >= 0.6 is 11.6 Å². The predicted octanol–water partition coefficient (Wildman–Crippen LogP) is 2.82. The van der Waals surface area contributed by atoms with Crippen LogP contribution in [0.15, 0.2) is 24.3 Å². The van der Waals surface area contributed by atoms with Gasteiger partial charge in [-0.05, 0) is 6.92 Å². The number of halogens is 1. The molecule has 0 saturated carbocycles. The second-order valence-electron chi connectivity index (χ2n) is 3.75. The maximum atomic E-state index is 5.79. The van der Waals surface area contributed by atoms with Crippen LogP contribution in [0.1, 0.15) is 17.5 Å². The normalized spacial score (nSPS) is 19.3. The van der Waals surface area contributed by atoms with Crippen molar-refractivity contribution in [2.75, 3.05) is 19.1 Å². The average Bonchev–Trinajstić information content (AvgIpc) is 2.69. The molecule has 0 unspecified atom stereocenters. The zero-order valence-corrected chi connectivity index (χ0v) is 9.59. The van der Waals surface area contributed by atoms with Crippen molar-refractivity contribution in [1.82, 2.24) is 0 Å². The number of benzene rings is 1. The molecule has 2 rings (SSSR count). The van der Waals surface area contributed by atoms with E-state index in [0.29, 0.717) is 25.5 Å². The average molecular weight is 227 g/mol. The maximum absolute atomic E-state index is 5.79. The lowest BCUT2D eigenvalue weighted by molar-refractivity contribution is -0.166. The number of hydrogen-bond donors (Lipinski definition) is 0. The molecule has 0 aromatic heterocycles. The molecule has 15 heavy (non-hydrogen) atoms. The van der Waals surface area contributed by atoms with Crippen molar-refractivity contribution in [2.24, 2.45) is 0 Å². The highest BCUT2D eigenvalue weighted by molar-refractivity contribution is 6.17. The van der Waals surface area contributed by atoms with Crippen molar-refractivity contribution in [3.05, 3.63) is 35.4 Å². The van der Waals surface area contributed by atoms with E-state index in [2.05, 4.69) is 19.1 Å². The lowest BCUT2D eigenvalue weighted by Crippen LogP contribution is -2.27. The molecule has 0 radical (unpaired) electrons. The van der Waals surface area contributed by atoms with Crippen LogP contribution in [0.4, 0.5) is 0 Å². The number of rotatable bonds is 3. The highest BCUT2D eigenvalue weighted by Crippen LogP contribution is 2.35. The number of hydrogen-bond acceptors (Lipinski definition) is 2. The fourth-order valence-electron chi connectivity index (χ4n) is 1.84. The summed E-state index contributed by atoms with van der Waals surface area (Å²) in [6.07, 6.45) is 0.692. The summed E-state index contributed by atoms with van der Waals surface area (Å²) < 4.78 is 11.4. The van der Waals surface area contributed by atoms with Gasteiger partial charge in [0.2, 0.25) is 0 Å². The van der Waals surface area contributed by atoms with Crippen molar-refractivity contribution >= 4 is 11.6 Å². The highest BCUT2D eigenvalue weighted by Gasteiger charge is 2.37. The van der Waals surface area contributed by atoms with Crippen molar-refractivity contribution in [3.8, 4) is 0 Å². The third-order valence-corrected chi connectivity index (χ3v) is 2.86. The molecule has 1 saturated heterocycles. The Morgan fingerprint density at radius 3 is 2.33 bits per heavy atom. The van der Waals surface area contributed by atoms with Crippen molar-refractivity contribution in [2.45, 2.75) is 19.1 Å². The van der Waals surface area contributed by atoms with Crippen LogP contribution in [-0.2, 0) is 15.3 Å². The number of aryl methyl sites for hydroxylation is 1. The van der Waals surface area contributed by atoms with Gasteiger partial charge in [0.05, 0.1) is 13.2 Å². The first kappa shape index (κ1) is 10.9. The smallest absolute Gasteiger partial charge is 0.196 e. The van der Waals surface area contributed by atoms with E-state index in [0.717, 1.165) is 5.56 Å². The molecule has 0 aliphatic carbocycles. The van der Waals surface area contributed by atoms with Crippen LogP contribution in [0.3, 0.4) is 0 Å². The van der Waals surface area contributed by atoms with Gasteiger partial charge in [-0.1, -0.05) is 29.8 Å². The van der Waals surface area contributed by atoms with Gasteiger partial charge in [0.15, 0.2) is 5.79 Å². The Morgan fingerprint density at radius 2 is 1.80 bits per heavy atom. The Kier molecular flexibility index (Phi) is 3.29. The summed E-state index contributed by atoms with van der Waals surface area (Å²) in [5, 5.41) is 0. The fraction of sp³-hybridized carbons (Fsp3) is 0.500. The molecule has 3 heteroatoms. The van der Waals surface area contributed by atoms with Gasteiger partial charge >= 0.3 is 0 Å². The zero-order chi connectivity index (χ0) is 10.7. The highest BCUT2D eigenvalue weighted by atomic mass is 35.5. The molecule has 0 atom stereocenters. The minimum absolute atomic E-state index is 0.536. The van der Waals surface area contributed by atoms with E-state index >= 15 is 0 Å². The molecule has 82 valence electrons. The van der Waals surface area contributed by atoms with E-state index in [1.165, 1.54) is 5.56 Å². The zero-order valence-electron chi connectivity index (χ0n) is 8.83. The molecule has 0 spiro atoms. The van der Waals surface area contributed by atoms with Gasteiger partial charge < -0.3 is 9.47 Å². The second kappa shape index (κ2) is 4.52. The second-order valence-corrected chi connectivity index (χ2v) is 4.13. The molecule has 1 aromatic rings. The third kappa shape index (κ3) is 2.17. The summed E-state index contributed by atoms with van der Waals surface area (Å²) in [5.74, 6) is -0.0661. The van der Waals surface area contributed by atoms with Crippen LogP contribution in [0.5, 0.6) is 0 Å². The van der Waals surface area contributed by atoms with Crippen molar-refractivity contribution in [3.63, 3.8) is 0 Å². The molecule has 2 nitrogen and oxygen atoms in total. The van der Waals surface area contributed by atoms with Gasteiger partial charge in [0.25, 0.3) is 0 Å². The Balaban J connectivity index is 2.28. The van der Waals surface area contributed by atoms with Gasteiger partial charge in [-0.25, -0.2) is 0 Å². The van der Waals surface area contributed by atoms with Gasteiger partial charge in [0.1, 0.15) is 0 Å². The molecular weight excluding hydrogens is 212 g/mol. The van der Waals surface area contributed by atoms with E-state index in [1.54, 1.807) is 0 Å². The fourth-order valence-corrected chi connectivity index (χ4v) is 2.09. The third-order valence-electron chi connectivity index (χ3n) is 2.67. The molecule has 0 bridgehead atoms. The van der Waals surface area contributed by atoms with E-state index in [9.17, 15) is 0 Å². The Labute approximate surface area is 95.1 Å². The van der Waals surface area contributed by atoms with Crippen LogP contribution in [0.25, 0.3) is 0 Å². The van der Waals surface area contributed by atoms with Crippen molar-refractivity contribution < 1.29 is 9.47 Å². The van der Waals surface area contributed by atoms with Gasteiger partial charge in [-0.3, -0.25) is 0 Å². The van der Waals surface area contributed by atoms with Crippen molar-refractivity contribution in [1.29, 1.82) is 0 Å². The van der Waals surface area contributed by atoms with Crippen LogP contribution in [0, 0.1) is 6.92 Å². The molecule has 1 fully saturated rings. The largest absolute Gasteiger partial charge is 0.343 e. The monoisotopic (exact) mass is 226 g/mol. The summed E-state index contributed by atoms with van der Waals surface area (Å²) in [6, 6.07) is 8.23. The summed E-state index contributed by atoms with van der Waals surface area (Å²) in [7, 11) is 0. The van der Waals surface area contributed by atoms with Gasteiger partial charge in [-0.15, -0.1) is 11.6 Å². The Bertz CT molecular complexity index is 315. The van der Waals surface area contributed by atoms with E-state index in [1.807, 2.05) is 12.1 Å². The van der Waals surface area contributed by atoms with Crippen LogP contribution in [0.2, 0.25) is 0 Å². The first-order chi connectivity index (χ1) is 7.27. The molecule has 1 heterocycles. The quantitative estimate of drug-likeness (QED) is 0.738. The lowest BCUT2D eigenvalue weighted by Gasteiger charge is -2.27. The summed E-state index contributed by atoms with van der Waals surface area (Å²) >= 11 is 5.79. The molecular formula is C12H15ClO2. The first-order valence-corrected chi connectivity index (χ1v) is 5.71. The molecule has 0 N–H and O–H groups in total. The van der Waals surface area contributed by atoms with E-state index < -0.39 is 5.79 Å². The van der Waals surface area contributed by atoms with Gasteiger partial charge in [-0.2, -0.15) is 0 Å². The summed E-state index contributed by atoms with van der Waals surface area (Å²) in [4.78, 5) is 0. The Morgan fingerprint density at radius 1 is 1.20 bits per heavy atom. The molecule has 1 aliphatic heterocycles. The van der Waals surface area contributed by atoms with Gasteiger partial charge in [0, 0.05) is 17.9 Å². The first-order valence-electron chi connectivity index (χ1n) is 5.18. The van der Waals surface area contributed by atoms with Crippen LogP contribution < -0.4 is 0 Å². The number of alkyl halides is 1. The lowest BCUT2D eigenvalue weighted by atomic mass is 10.0. The predicted molar refractivity (Wildman–Crippen MR) is 60.1 cm³/mol. The SMILES string of the molecule is Cc1ccc(C2(CCCl)OCCO2)cc1. The number of ether oxygens (including phenoxy) is 2. The maximum Gasteiger partial charge on any atom is 0.196 e. The van der Waals surface area contributed by atoms with E-state index in [4.69, 9.17) is 21.1 Å². The summed E-state index contributed by atoms with van der Waals surface area (Å²) in [5.41, 5.74) is 2.30. The molecule has 1 aromatic carbocycles. The van der Waals surface area contributed by atoms with Crippen LogP contribution in [-0.4, -0.2) is 19.1 Å². The molecule has 0 amide bonds. The topological polar surface area (TPSA) is 18.5 Å². The summed E-state index contributed by atoms with van der Waals surface area (Å²) in [6.45, 7) is 3.35. The minimum atomic E-state index is -0.602. The minimum Gasteiger partial charge on any atom is -0.343 e. The Hall–Kier alpha value is -0.570.